The van der Waals surface area contributed by atoms with Gasteiger partial charge in [-0.2, -0.15) is 0 Å². The molecular weight excluding hydrogens is 147 g/mol. The summed E-state index contributed by atoms with van der Waals surface area (Å²) in [6, 6.07) is 0. The van der Waals surface area contributed by atoms with E-state index in [0.29, 0.717) is 11.3 Å². The van der Waals surface area contributed by atoms with Gasteiger partial charge in [0.1, 0.15) is 0 Å². The molecule has 0 aromatic carbocycles. The molecule has 1 N–H and O–H groups in total. The van der Waals surface area contributed by atoms with Crippen LogP contribution in [0.3, 0.4) is 0 Å². The van der Waals surface area contributed by atoms with Gasteiger partial charge in [-0.3, -0.25) is 0 Å². The highest BCUT2D eigenvalue weighted by Crippen LogP contribution is 2.65. The predicted molar refractivity (Wildman–Crippen MR) is 50.1 cm³/mol. The van der Waals surface area contributed by atoms with Gasteiger partial charge in [0.05, 0.1) is 13.4 Å². The van der Waals surface area contributed by atoms with Crippen molar-refractivity contribution < 1.29 is 5.11 Å². The first-order chi connectivity index (χ1) is 5.37. The minimum absolute atomic E-state index is 0.00530. The van der Waals surface area contributed by atoms with Gasteiger partial charge in [-0.25, -0.2) is 0 Å². The maximum atomic E-state index is 10.2. The van der Waals surface area contributed by atoms with Crippen LogP contribution in [0, 0.1) is 17.3 Å². The van der Waals surface area contributed by atoms with Crippen LogP contribution in [0.4, 0.5) is 0 Å². The van der Waals surface area contributed by atoms with Gasteiger partial charge in [0.2, 0.25) is 0 Å². The Morgan fingerprint density at radius 2 is 1.83 bits per heavy atom. The van der Waals surface area contributed by atoms with Gasteiger partial charge in [-0.05, 0) is 36.4 Å². The lowest BCUT2D eigenvalue weighted by molar-refractivity contribution is -0.191. The van der Waals surface area contributed by atoms with Crippen molar-refractivity contribution >= 4 is 7.85 Å². The Labute approximate surface area is 76.0 Å². The average Bonchev–Trinajstić information content (AvgIpc) is 1.93. The van der Waals surface area contributed by atoms with E-state index in [9.17, 15) is 5.11 Å². The summed E-state index contributed by atoms with van der Waals surface area (Å²) >= 11 is 0. The predicted octanol–water partition coefficient (Wildman–Crippen LogP) is 1.76. The molecule has 3 saturated carbocycles. The number of rotatable bonds is 0. The van der Waals surface area contributed by atoms with Crippen LogP contribution in [0.2, 0.25) is 5.82 Å². The molecule has 0 aliphatic heterocycles. The van der Waals surface area contributed by atoms with Crippen molar-refractivity contribution in [1.82, 2.24) is 0 Å². The Balaban J connectivity index is 2.27. The zero-order valence-electron chi connectivity index (χ0n) is 8.17. The molecule has 0 heterocycles. The summed E-state index contributed by atoms with van der Waals surface area (Å²) in [5.41, 5.74) is -0.308. The third-order valence-corrected chi connectivity index (χ3v) is 4.47. The fraction of sp³-hybridized carbons (Fsp3) is 1.00. The number of aliphatic hydroxyl groups is 1. The van der Waals surface area contributed by atoms with Crippen LogP contribution < -0.4 is 0 Å². The Bertz CT molecular complexity index is 210. The van der Waals surface area contributed by atoms with Crippen molar-refractivity contribution in [1.29, 1.82) is 0 Å². The highest BCUT2D eigenvalue weighted by Gasteiger charge is 2.61. The minimum Gasteiger partial charge on any atom is -0.390 e. The second-order valence-corrected chi connectivity index (χ2v) is 5.37. The third kappa shape index (κ3) is 0.796. The van der Waals surface area contributed by atoms with Crippen molar-refractivity contribution in [2.24, 2.45) is 17.3 Å². The van der Waals surface area contributed by atoms with Gasteiger partial charge in [0, 0.05) is 0 Å². The van der Waals surface area contributed by atoms with E-state index < -0.39 is 5.60 Å². The minimum atomic E-state index is -0.627. The summed E-state index contributed by atoms with van der Waals surface area (Å²) in [4.78, 5) is 0. The zero-order valence-corrected chi connectivity index (χ0v) is 8.17. The van der Waals surface area contributed by atoms with E-state index >= 15 is 0 Å². The molecule has 1 nitrogen and oxygen atoms in total. The van der Waals surface area contributed by atoms with E-state index in [1.807, 2.05) is 6.92 Å². The van der Waals surface area contributed by atoms with Crippen LogP contribution in [0.25, 0.3) is 0 Å². The molecule has 4 atom stereocenters. The molecule has 66 valence electrons. The summed E-state index contributed by atoms with van der Waals surface area (Å²) in [6.45, 7) is 6.41. The molecule has 3 aliphatic rings. The van der Waals surface area contributed by atoms with Gasteiger partial charge in [0.15, 0.2) is 0 Å². The lowest BCUT2D eigenvalue weighted by atomic mass is 9.39. The highest BCUT2D eigenvalue weighted by atomic mass is 16.3. The van der Waals surface area contributed by atoms with E-state index in [2.05, 4.69) is 13.8 Å². The van der Waals surface area contributed by atoms with E-state index in [1.54, 1.807) is 0 Å². The molecule has 3 aliphatic carbocycles. The van der Waals surface area contributed by atoms with Gasteiger partial charge in [-0.1, -0.05) is 20.3 Å². The highest BCUT2D eigenvalue weighted by molar-refractivity contribution is 6.12. The standard InChI is InChI=1S/C10H17BO/c1-9(2)6-4-7(9)10(3,12)8(11)5-6/h6-8,12H,4-5H2,1-3H3. The quantitative estimate of drug-likeness (QED) is 0.541. The molecule has 3 rings (SSSR count). The van der Waals surface area contributed by atoms with Crippen molar-refractivity contribution in [3.63, 3.8) is 0 Å². The van der Waals surface area contributed by atoms with Crippen LogP contribution in [0.1, 0.15) is 33.6 Å². The lowest BCUT2D eigenvalue weighted by Crippen LogP contribution is -2.62. The van der Waals surface area contributed by atoms with E-state index in [1.165, 1.54) is 6.42 Å². The fourth-order valence-electron chi connectivity index (χ4n) is 3.21. The lowest BCUT2D eigenvalue weighted by Gasteiger charge is -2.65. The largest absolute Gasteiger partial charge is 0.390 e. The smallest absolute Gasteiger partial charge is 0.0738 e. The Kier molecular flexibility index (Phi) is 1.50. The van der Waals surface area contributed by atoms with Gasteiger partial charge in [0.25, 0.3) is 0 Å². The van der Waals surface area contributed by atoms with Crippen molar-refractivity contribution in [3.8, 4) is 0 Å². The van der Waals surface area contributed by atoms with Crippen molar-refractivity contribution in [2.75, 3.05) is 0 Å². The Morgan fingerprint density at radius 1 is 1.25 bits per heavy atom. The molecule has 0 aromatic heterocycles. The molecule has 0 saturated heterocycles. The summed E-state index contributed by atoms with van der Waals surface area (Å²) in [5.74, 6) is 1.16. The maximum absolute atomic E-state index is 10.2. The van der Waals surface area contributed by atoms with Gasteiger partial charge < -0.3 is 5.11 Å². The molecule has 0 aromatic rings. The van der Waals surface area contributed by atoms with Crippen molar-refractivity contribution in [2.45, 2.75) is 45.0 Å². The second-order valence-electron chi connectivity index (χ2n) is 5.37. The van der Waals surface area contributed by atoms with Crippen LogP contribution in [-0.4, -0.2) is 18.6 Å². The number of hydrogen-bond acceptors (Lipinski definition) is 1. The molecule has 2 bridgehead atoms. The second kappa shape index (κ2) is 2.09. The average molecular weight is 164 g/mol. The molecule has 3 fully saturated rings. The van der Waals surface area contributed by atoms with E-state index in [4.69, 9.17) is 7.85 Å². The first kappa shape index (κ1) is 8.62. The van der Waals surface area contributed by atoms with Crippen LogP contribution in [0.5, 0.6) is 0 Å². The summed E-state index contributed by atoms with van der Waals surface area (Å²) in [7, 11) is 5.90. The molecule has 12 heavy (non-hydrogen) atoms. The van der Waals surface area contributed by atoms with E-state index in [-0.39, 0.29) is 5.82 Å². The maximum Gasteiger partial charge on any atom is 0.0738 e. The van der Waals surface area contributed by atoms with Crippen LogP contribution in [0.15, 0.2) is 0 Å². The SMILES string of the molecule is [B]C1CC2CC(C2(C)C)C1(C)O. The van der Waals surface area contributed by atoms with E-state index in [0.717, 1.165) is 12.3 Å². The first-order valence-corrected chi connectivity index (χ1v) is 4.84. The molecule has 2 heteroatoms. The molecule has 4 unspecified atom stereocenters. The third-order valence-electron chi connectivity index (χ3n) is 4.47. The fourth-order valence-corrected chi connectivity index (χ4v) is 3.21. The topological polar surface area (TPSA) is 20.2 Å². The molecule has 0 amide bonds. The molecule has 2 radical (unpaired) electrons. The van der Waals surface area contributed by atoms with Crippen molar-refractivity contribution in [3.05, 3.63) is 0 Å². The first-order valence-electron chi connectivity index (χ1n) is 4.84. The summed E-state index contributed by atoms with van der Waals surface area (Å²) < 4.78 is 0. The normalized spacial score (nSPS) is 56.2. The Morgan fingerprint density at radius 3 is 2.17 bits per heavy atom. The van der Waals surface area contributed by atoms with Gasteiger partial charge in [-0.15, -0.1) is 0 Å². The van der Waals surface area contributed by atoms with Gasteiger partial charge >= 0.3 is 0 Å². The number of fused-ring (bicyclic) bond motifs is 2. The molecular formula is C10H17BO. The van der Waals surface area contributed by atoms with Crippen LogP contribution in [-0.2, 0) is 0 Å². The molecule has 0 spiro atoms. The van der Waals surface area contributed by atoms with Crippen LogP contribution >= 0.6 is 0 Å². The summed E-state index contributed by atoms with van der Waals surface area (Å²) in [5, 5.41) is 10.2. The monoisotopic (exact) mass is 164 g/mol. The number of hydrogen-bond donors (Lipinski definition) is 1. The summed E-state index contributed by atoms with van der Waals surface area (Å²) in [6.07, 6.45) is 2.17. The Hall–Kier alpha value is 0.0249. The zero-order chi connectivity index (χ0) is 9.15.